The number of para-hydroxylation sites is 1. The van der Waals surface area contributed by atoms with Gasteiger partial charge in [-0.2, -0.15) is 0 Å². The van der Waals surface area contributed by atoms with Crippen molar-refractivity contribution in [3.8, 4) is 0 Å². The molecule has 1 amide bonds. The highest BCUT2D eigenvalue weighted by Crippen LogP contribution is 2.28. The molecule has 1 aromatic heterocycles. The summed E-state index contributed by atoms with van der Waals surface area (Å²) in [5.41, 5.74) is 4.24. The fourth-order valence-electron chi connectivity index (χ4n) is 4.17. The molecule has 0 radical (unpaired) electrons. The first-order valence-corrected chi connectivity index (χ1v) is 11.1. The normalized spacial score (nSPS) is 15.4. The number of hydrogen-bond acceptors (Lipinski definition) is 3. The van der Waals surface area contributed by atoms with Crippen molar-refractivity contribution >= 4 is 28.4 Å². The quantitative estimate of drug-likeness (QED) is 0.615. The molecule has 1 fully saturated rings. The average molecular weight is 422 g/mol. The number of likely N-dealkylation sites (tertiary alicyclic amines) is 1. The van der Waals surface area contributed by atoms with Gasteiger partial charge in [-0.15, -0.1) is 0 Å². The van der Waals surface area contributed by atoms with Crippen LogP contribution in [0.25, 0.3) is 10.9 Å². The molecule has 2 aromatic carbocycles. The standard InChI is InChI=1S/C25H28ClN3O/c1-18-21-9-5-6-10-22(21)28-23(25(18)26)17-29-15-13-20(14-16-29)27-24(30)12-11-19-7-3-2-4-8-19/h2-10,20H,11-17H2,1H3,(H,27,30). The third-order valence-corrected chi connectivity index (χ3v) is 6.46. The van der Waals surface area contributed by atoms with Gasteiger partial charge in [-0.1, -0.05) is 60.1 Å². The van der Waals surface area contributed by atoms with Gasteiger partial charge < -0.3 is 5.32 Å². The van der Waals surface area contributed by atoms with E-state index in [-0.39, 0.29) is 11.9 Å². The summed E-state index contributed by atoms with van der Waals surface area (Å²) in [5.74, 6) is 0.146. The molecule has 5 heteroatoms. The zero-order valence-electron chi connectivity index (χ0n) is 17.4. The molecule has 0 bridgehead atoms. The van der Waals surface area contributed by atoms with Gasteiger partial charge in [0.1, 0.15) is 0 Å². The number of halogens is 1. The van der Waals surface area contributed by atoms with E-state index in [2.05, 4.69) is 35.3 Å². The Bertz CT molecular complexity index is 1010. The Morgan fingerprint density at radius 2 is 1.80 bits per heavy atom. The summed E-state index contributed by atoms with van der Waals surface area (Å²) in [6.07, 6.45) is 3.25. The molecule has 156 valence electrons. The molecule has 0 aliphatic carbocycles. The van der Waals surface area contributed by atoms with Crippen molar-refractivity contribution in [1.29, 1.82) is 0 Å². The highest BCUT2D eigenvalue weighted by Gasteiger charge is 2.22. The van der Waals surface area contributed by atoms with E-state index in [9.17, 15) is 4.79 Å². The average Bonchev–Trinajstić information content (AvgIpc) is 2.78. The van der Waals surface area contributed by atoms with Gasteiger partial charge in [-0.05, 0) is 43.4 Å². The topological polar surface area (TPSA) is 45.2 Å². The minimum Gasteiger partial charge on any atom is -0.353 e. The number of amides is 1. The zero-order chi connectivity index (χ0) is 20.9. The van der Waals surface area contributed by atoms with E-state index in [1.807, 2.05) is 36.4 Å². The number of pyridine rings is 1. The Morgan fingerprint density at radius 3 is 2.57 bits per heavy atom. The smallest absolute Gasteiger partial charge is 0.220 e. The van der Waals surface area contributed by atoms with Crippen molar-refractivity contribution in [2.45, 2.75) is 45.2 Å². The summed E-state index contributed by atoms with van der Waals surface area (Å²) in [6, 6.07) is 18.6. The number of carbonyl (C=O) groups is 1. The minimum absolute atomic E-state index is 0.146. The highest BCUT2D eigenvalue weighted by atomic mass is 35.5. The minimum atomic E-state index is 0.146. The third-order valence-electron chi connectivity index (χ3n) is 5.96. The molecule has 0 spiro atoms. The number of fused-ring (bicyclic) bond motifs is 1. The number of benzene rings is 2. The summed E-state index contributed by atoms with van der Waals surface area (Å²) in [5, 5.41) is 5.09. The van der Waals surface area contributed by atoms with Crippen molar-refractivity contribution in [1.82, 2.24) is 15.2 Å². The molecule has 0 unspecified atom stereocenters. The number of hydrogen-bond donors (Lipinski definition) is 1. The maximum Gasteiger partial charge on any atom is 0.220 e. The fraction of sp³-hybridized carbons (Fsp3) is 0.360. The number of rotatable bonds is 6. The van der Waals surface area contributed by atoms with Gasteiger partial charge in [-0.3, -0.25) is 9.69 Å². The second-order valence-corrected chi connectivity index (χ2v) is 8.50. The molecule has 1 saturated heterocycles. The number of piperidine rings is 1. The number of carbonyl (C=O) groups excluding carboxylic acids is 1. The van der Waals surface area contributed by atoms with Gasteiger partial charge in [0.05, 0.1) is 16.2 Å². The van der Waals surface area contributed by atoms with Crippen molar-refractivity contribution in [3.63, 3.8) is 0 Å². The molecule has 0 saturated carbocycles. The Hall–Kier alpha value is -2.43. The summed E-state index contributed by atoms with van der Waals surface area (Å²) in [4.78, 5) is 19.5. The Morgan fingerprint density at radius 1 is 1.10 bits per heavy atom. The molecule has 1 aliphatic rings. The van der Waals surface area contributed by atoms with E-state index in [1.165, 1.54) is 5.56 Å². The van der Waals surface area contributed by atoms with Crippen LogP contribution in [0, 0.1) is 6.92 Å². The second-order valence-electron chi connectivity index (χ2n) is 8.12. The van der Waals surface area contributed by atoms with E-state index < -0.39 is 0 Å². The Labute approximate surface area is 183 Å². The second kappa shape index (κ2) is 9.59. The molecule has 4 nitrogen and oxygen atoms in total. The number of nitrogens with zero attached hydrogens (tertiary/aromatic N) is 2. The molecule has 2 heterocycles. The predicted octanol–water partition coefficient (Wildman–Crippen LogP) is 4.91. The Balaban J connectivity index is 1.28. The van der Waals surface area contributed by atoms with E-state index in [0.29, 0.717) is 6.42 Å². The first kappa shape index (κ1) is 20.8. The summed E-state index contributed by atoms with van der Waals surface area (Å²) < 4.78 is 0. The third kappa shape index (κ3) is 5.00. The predicted molar refractivity (Wildman–Crippen MR) is 123 cm³/mol. The molecule has 1 N–H and O–H groups in total. The first-order valence-electron chi connectivity index (χ1n) is 10.7. The van der Waals surface area contributed by atoms with Crippen LogP contribution in [0.2, 0.25) is 5.02 Å². The molecule has 3 aromatic rings. The van der Waals surface area contributed by atoms with Gasteiger partial charge in [-0.25, -0.2) is 4.98 Å². The zero-order valence-corrected chi connectivity index (χ0v) is 18.2. The fourth-order valence-corrected chi connectivity index (χ4v) is 4.38. The lowest BCUT2D eigenvalue weighted by atomic mass is 10.0. The van der Waals surface area contributed by atoms with Crippen molar-refractivity contribution in [2.75, 3.05) is 13.1 Å². The maximum atomic E-state index is 12.3. The SMILES string of the molecule is Cc1c(Cl)c(CN2CCC(NC(=O)CCc3ccccc3)CC2)nc2ccccc12. The maximum absolute atomic E-state index is 12.3. The molecule has 4 rings (SSSR count). The molecule has 0 atom stereocenters. The highest BCUT2D eigenvalue weighted by molar-refractivity contribution is 6.32. The van der Waals surface area contributed by atoms with Crippen molar-refractivity contribution < 1.29 is 4.79 Å². The van der Waals surface area contributed by atoms with Gasteiger partial charge in [0.25, 0.3) is 0 Å². The van der Waals surface area contributed by atoms with Crippen molar-refractivity contribution in [2.24, 2.45) is 0 Å². The summed E-state index contributed by atoms with van der Waals surface area (Å²) in [7, 11) is 0. The van der Waals surface area contributed by atoms with Crippen LogP contribution in [0.1, 0.15) is 36.1 Å². The summed E-state index contributed by atoms with van der Waals surface area (Å²) >= 11 is 6.63. The van der Waals surface area contributed by atoms with Crippen LogP contribution >= 0.6 is 11.6 Å². The van der Waals surface area contributed by atoms with Gasteiger partial charge >= 0.3 is 0 Å². The van der Waals surface area contributed by atoms with Gasteiger partial charge in [0.15, 0.2) is 0 Å². The van der Waals surface area contributed by atoms with Gasteiger partial charge in [0, 0.05) is 37.5 Å². The van der Waals surface area contributed by atoms with Crippen molar-refractivity contribution in [3.05, 3.63) is 76.4 Å². The first-order chi connectivity index (χ1) is 14.6. The monoisotopic (exact) mass is 421 g/mol. The van der Waals surface area contributed by atoms with Crippen LogP contribution in [0.3, 0.4) is 0 Å². The van der Waals surface area contributed by atoms with Crippen LogP contribution in [0.15, 0.2) is 54.6 Å². The lowest BCUT2D eigenvalue weighted by Crippen LogP contribution is -2.44. The Kier molecular flexibility index (Phi) is 6.66. The molecule has 1 aliphatic heterocycles. The molecule has 30 heavy (non-hydrogen) atoms. The number of aryl methyl sites for hydroxylation is 2. The number of nitrogens with one attached hydrogen (secondary N) is 1. The van der Waals surface area contributed by atoms with Crippen LogP contribution in [0.5, 0.6) is 0 Å². The molecular weight excluding hydrogens is 394 g/mol. The van der Waals surface area contributed by atoms with Crippen LogP contribution < -0.4 is 5.32 Å². The largest absolute Gasteiger partial charge is 0.353 e. The van der Waals surface area contributed by atoms with Crippen LogP contribution in [0.4, 0.5) is 0 Å². The van der Waals surface area contributed by atoms with E-state index in [1.54, 1.807) is 0 Å². The van der Waals surface area contributed by atoms with E-state index >= 15 is 0 Å². The lowest BCUT2D eigenvalue weighted by Gasteiger charge is -2.32. The van der Waals surface area contributed by atoms with E-state index in [0.717, 1.165) is 66.1 Å². The lowest BCUT2D eigenvalue weighted by molar-refractivity contribution is -0.122. The summed E-state index contributed by atoms with van der Waals surface area (Å²) in [6.45, 7) is 4.69. The van der Waals surface area contributed by atoms with Crippen LogP contribution in [-0.2, 0) is 17.8 Å². The molecular formula is C25H28ClN3O. The van der Waals surface area contributed by atoms with Gasteiger partial charge in [0.2, 0.25) is 5.91 Å². The van der Waals surface area contributed by atoms with E-state index in [4.69, 9.17) is 16.6 Å². The number of aromatic nitrogens is 1. The van der Waals surface area contributed by atoms with Crippen LogP contribution in [-0.4, -0.2) is 34.9 Å².